The maximum absolute atomic E-state index is 4.49. The Labute approximate surface area is 155 Å². The molecule has 0 saturated carbocycles. The lowest BCUT2D eigenvalue weighted by molar-refractivity contribution is 0.123. The fourth-order valence-corrected chi connectivity index (χ4v) is 4.25. The van der Waals surface area contributed by atoms with Crippen molar-refractivity contribution in [1.82, 2.24) is 29.7 Å². The first-order valence-electron chi connectivity index (χ1n) is 9.52. The van der Waals surface area contributed by atoms with E-state index in [4.69, 9.17) is 0 Å². The van der Waals surface area contributed by atoms with Gasteiger partial charge in [-0.05, 0) is 25.7 Å². The zero-order valence-electron chi connectivity index (χ0n) is 16.0. The van der Waals surface area contributed by atoms with Crippen molar-refractivity contribution in [3.63, 3.8) is 0 Å². The molecule has 1 N–H and O–H groups in total. The van der Waals surface area contributed by atoms with Gasteiger partial charge in [0.15, 0.2) is 0 Å². The Hall–Kier alpha value is -1.99. The molecule has 0 radical (unpaired) electrons. The average Bonchev–Trinajstić information content (AvgIpc) is 2.84. The van der Waals surface area contributed by atoms with Gasteiger partial charge in [0, 0.05) is 76.5 Å². The molecule has 0 amide bonds. The number of aryl methyl sites for hydroxylation is 1. The summed E-state index contributed by atoms with van der Waals surface area (Å²) in [6.07, 6.45) is 8.39. The Bertz CT molecular complexity index is 724. The maximum atomic E-state index is 4.49. The van der Waals surface area contributed by atoms with E-state index >= 15 is 0 Å². The third kappa shape index (κ3) is 3.73. The van der Waals surface area contributed by atoms with Crippen molar-refractivity contribution in [2.24, 2.45) is 5.92 Å². The van der Waals surface area contributed by atoms with Crippen LogP contribution in [-0.4, -0.2) is 69.5 Å². The summed E-state index contributed by atoms with van der Waals surface area (Å²) >= 11 is 0. The number of hydrogen-bond donors (Lipinski definition) is 1. The zero-order chi connectivity index (χ0) is 18.1. The minimum absolute atomic E-state index is 0.613. The van der Waals surface area contributed by atoms with Crippen molar-refractivity contribution >= 4 is 5.95 Å². The fraction of sp³-hybridized carbons (Fsp3) is 0.632. The van der Waals surface area contributed by atoms with Crippen LogP contribution in [0.1, 0.15) is 29.8 Å². The molecule has 3 fully saturated rings. The number of aromatic amines is 1. The van der Waals surface area contributed by atoms with Crippen LogP contribution in [0.3, 0.4) is 0 Å². The second kappa shape index (κ2) is 7.32. The van der Waals surface area contributed by atoms with E-state index in [1.807, 2.05) is 31.4 Å². The molecular weight excluding hydrogens is 326 g/mol. The van der Waals surface area contributed by atoms with Crippen molar-refractivity contribution in [1.29, 1.82) is 0 Å². The number of piperidine rings is 1. The quantitative estimate of drug-likeness (QED) is 0.880. The van der Waals surface area contributed by atoms with Crippen LogP contribution < -0.4 is 4.90 Å². The Morgan fingerprint density at radius 2 is 1.88 bits per heavy atom. The molecule has 5 rings (SSSR count). The second-order valence-electron chi connectivity index (χ2n) is 7.98. The molecule has 2 atom stereocenters. The van der Waals surface area contributed by atoms with Gasteiger partial charge >= 0.3 is 0 Å². The molecule has 3 aliphatic heterocycles. The standard InChI is InChI=1S/C19H29N7/c1-14-18(23-13-22-14)12-25-8-15-4-5-17(11-25)26(9-15)10-16-6-20-19(21-7-16)24(2)3/h6-7,13,15,17H,4-5,8-12H2,1-3H3,(H,22,23)/t15-,17+/m0/s1. The smallest absolute Gasteiger partial charge is 0.224 e. The molecule has 3 saturated heterocycles. The van der Waals surface area contributed by atoms with Gasteiger partial charge in [0.25, 0.3) is 0 Å². The van der Waals surface area contributed by atoms with Crippen LogP contribution in [0.2, 0.25) is 0 Å². The largest absolute Gasteiger partial charge is 0.348 e. The summed E-state index contributed by atoms with van der Waals surface area (Å²) in [5.74, 6) is 1.52. The minimum Gasteiger partial charge on any atom is -0.348 e. The van der Waals surface area contributed by atoms with E-state index < -0.39 is 0 Å². The molecule has 0 aromatic carbocycles. The highest BCUT2D eigenvalue weighted by molar-refractivity contribution is 5.26. The van der Waals surface area contributed by atoms with E-state index in [1.54, 1.807) is 6.33 Å². The summed E-state index contributed by atoms with van der Waals surface area (Å²) in [4.78, 5) is 23.8. The molecule has 2 bridgehead atoms. The Morgan fingerprint density at radius 3 is 2.58 bits per heavy atom. The lowest BCUT2D eigenvalue weighted by Crippen LogP contribution is -2.43. The van der Waals surface area contributed by atoms with Crippen LogP contribution in [0.5, 0.6) is 0 Å². The highest BCUT2D eigenvalue weighted by Gasteiger charge is 2.35. The van der Waals surface area contributed by atoms with Gasteiger partial charge in [0.1, 0.15) is 0 Å². The SMILES string of the molecule is Cc1[nH]cnc1CN1C[C@@H]2CC[C@H](C1)N(Cc1cnc(N(C)C)nc1)C2. The summed E-state index contributed by atoms with van der Waals surface area (Å²) in [5.41, 5.74) is 3.58. The Balaban J connectivity index is 1.42. The summed E-state index contributed by atoms with van der Waals surface area (Å²) < 4.78 is 0. The predicted molar refractivity (Wildman–Crippen MR) is 102 cm³/mol. The number of anilines is 1. The first-order chi connectivity index (χ1) is 12.6. The molecule has 2 aromatic heterocycles. The van der Waals surface area contributed by atoms with Gasteiger partial charge in [0.2, 0.25) is 5.95 Å². The molecule has 2 aromatic rings. The zero-order valence-corrected chi connectivity index (χ0v) is 16.0. The van der Waals surface area contributed by atoms with Crippen molar-refractivity contribution in [2.45, 2.75) is 38.9 Å². The van der Waals surface area contributed by atoms with E-state index in [0.29, 0.717) is 6.04 Å². The molecule has 5 heterocycles. The van der Waals surface area contributed by atoms with Gasteiger partial charge < -0.3 is 9.88 Å². The molecule has 0 unspecified atom stereocenters. The normalized spacial score (nSPS) is 24.0. The summed E-state index contributed by atoms with van der Waals surface area (Å²) in [6.45, 7) is 7.49. The van der Waals surface area contributed by atoms with Crippen LogP contribution in [0.4, 0.5) is 5.95 Å². The number of nitrogens with one attached hydrogen (secondary N) is 1. The lowest BCUT2D eigenvalue weighted by Gasteiger charge is -2.36. The third-order valence-electron chi connectivity index (χ3n) is 5.69. The number of fused-ring (bicyclic) bond motifs is 4. The van der Waals surface area contributed by atoms with Crippen molar-refractivity contribution in [2.75, 3.05) is 38.6 Å². The van der Waals surface area contributed by atoms with Crippen molar-refractivity contribution < 1.29 is 0 Å². The topological polar surface area (TPSA) is 64.2 Å². The monoisotopic (exact) mass is 355 g/mol. The van der Waals surface area contributed by atoms with Crippen LogP contribution in [0.15, 0.2) is 18.7 Å². The molecule has 7 heteroatoms. The third-order valence-corrected chi connectivity index (χ3v) is 5.69. The van der Waals surface area contributed by atoms with Crippen LogP contribution in [0.25, 0.3) is 0 Å². The molecule has 0 aliphatic carbocycles. The fourth-order valence-electron chi connectivity index (χ4n) is 4.25. The summed E-state index contributed by atoms with van der Waals surface area (Å²) in [5, 5.41) is 0. The molecule has 3 aliphatic rings. The number of imidazole rings is 1. The molecule has 0 spiro atoms. The van der Waals surface area contributed by atoms with Gasteiger partial charge in [-0.15, -0.1) is 0 Å². The van der Waals surface area contributed by atoms with E-state index in [-0.39, 0.29) is 0 Å². The van der Waals surface area contributed by atoms with Gasteiger partial charge in [-0.3, -0.25) is 9.80 Å². The van der Waals surface area contributed by atoms with E-state index in [0.717, 1.165) is 31.5 Å². The number of nitrogens with zero attached hydrogens (tertiary/aromatic N) is 6. The average molecular weight is 355 g/mol. The Kier molecular flexibility index (Phi) is 4.91. The highest BCUT2D eigenvalue weighted by Crippen LogP contribution is 2.30. The first-order valence-corrected chi connectivity index (χ1v) is 9.52. The minimum atomic E-state index is 0.613. The maximum Gasteiger partial charge on any atom is 0.224 e. The number of aromatic nitrogens is 4. The number of H-pyrrole nitrogens is 1. The molecule has 7 nitrogen and oxygen atoms in total. The van der Waals surface area contributed by atoms with Crippen LogP contribution >= 0.6 is 0 Å². The van der Waals surface area contributed by atoms with Gasteiger partial charge in [0.05, 0.1) is 12.0 Å². The highest BCUT2D eigenvalue weighted by atomic mass is 15.3. The molecular formula is C19H29N7. The van der Waals surface area contributed by atoms with Gasteiger partial charge in [-0.2, -0.15) is 0 Å². The van der Waals surface area contributed by atoms with Crippen molar-refractivity contribution in [3.8, 4) is 0 Å². The Morgan fingerprint density at radius 1 is 1.08 bits per heavy atom. The van der Waals surface area contributed by atoms with E-state index in [9.17, 15) is 0 Å². The predicted octanol–water partition coefficient (Wildman–Crippen LogP) is 1.67. The van der Waals surface area contributed by atoms with Crippen LogP contribution in [-0.2, 0) is 13.1 Å². The van der Waals surface area contributed by atoms with E-state index in [2.05, 4.69) is 36.7 Å². The summed E-state index contributed by atoms with van der Waals surface area (Å²) in [7, 11) is 3.94. The van der Waals surface area contributed by atoms with Crippen molar-refractivity contribution in [3.05, 3.63) is 35.7 Å². The number of hydrogen-bond acceptors (Lipinski definition) is 6. The summed E-state index contributed by atoms with van der Waals surface area (Å²) in [6, 6.07) is 0.613. The van der Waals surface area contributed by atoms with Gasteiger partial charge in [-0.25, -0.2) is 15.0 Å². The first kappa shape index (κ1) is 17.4. The van der Waals surface area contributed by atoms with Gasteiger partial charge in [-0.1, -0.05) is 0 Å². The molecule has 140 valence electrons. The molecule has 26 heavy (non-hydrogen) atoms. The second-order valence-corrected chi connectivity index (χ2v) is 7.98. The van der Waals surface area contributed by atoms with E-state index in [1.165, 1.54) is 42.9 Å². The van der Waals surface area contributed by atoms with Crippen LogP contribution in [0, 0.1) is 12.8 Å². The lowest BCUT2D eigenvalue weighted by atomic mass is 9.95. The number of rotatable bonds is 5.